The molecule has 1 aliphatic heterocycles. The molecule has 0 amide bonds. The van der Waals surface area contributed by atoms with Crippen molar-refractivity contribution in [3.8, 4) is 0 Å². The number of piperidine rings is 1. The SMILES string of the molecule is N=CC(=CN)c1cnc2[nH]ccc2c1N[C@H]1CCCN(Cc2ccccc2)C1. The third-order valence-electron chi connectivity index (χ3n) is 5.34. The highest BCUT2D eigenvalue weighted by molar-refractivity contribution is 6.13. The summed E-state index contributed by atoms with van der Waals surface area (Å²) in [7, 11) is 0. The summed E-state index contributed by atoms with van der Waals surface area (Å²) >= 11 is 0. The molecule has 28 heavy (non-hydrogen) atoms. The van der Waals surface area contributed by atoms with E-state index < -0.39 is 0 Å². The first-order valence-electron chi connectivity index (χ1n) is 9.70. The molecule has 0 aliphatic carbocycles. The number of nitrogens with two attached hydrogens (primary N) is 1. The average molecular weight is 374 g/mol. The van der Waals surface area contributed by atoms with Gasteiger partial charge in [0.05, 0.1) is 5.69 Å². The van der Waals surface area contributed by atoms with Crippen LogP contribution in [0, 0.1) is 5.41 Å². The van der Waals surface area contributed by atoms with Crippen LogP contribution < -0.4 is 11.1 Å². The zero-order chi connectivity index (χ0) is 19.3. The Kier molecular flexibility index (Phi) is 5.39. The van der Waals surface area contributed by atoms with E-state index in [0.29, 0.717) is 11.6 Å². The topological polar surface area (TPSA) is 93.8 Å². The van der Waals surface area contributed by atoms with Crippen molar-refractivity contribution in [2.24, 2.45) is 5.73 Å². The summed E-state index contributed by atoms with van der Waals surface area (Å²) < 4.78 is 0. The molecule has 0 saturated carbocycles. The van der Waals surface area contributed by atoms with Gasteiger partial charge in [-0.2, -0.15) is 0 Å². The van der Waals surface area contributed by atoms with Gasteiger partial charge in [-0.25, -0.2) is 4.98 Å². The number of aromatic amines is 1. The number of hydrogen-bond donors (Lipinski definition) is 4. The normalized spacial score (nSPS) is 18.3. The van der Waals surface area contributed by atoms with Gasteiger partial charge >= 0.3 is 0 Å². The largest absolute Gasteiger partial charge is 0.404 e. The van der Waals surface area contributed by atoms with Crippen LogP contribution in [-0.2, 0) is 6.54 Å². The van der Waals surface area contributed by atoms with Crippen LogP contribution >= 0.6 is 0 Å². The molecule has 3 aromatic rings. The second-order valence-corrected chi connectivity index (χ2v) is 7.26. The Bertz CT molecular complexity index is 975. The second kappa shape index (κ2) is 8.27. The number of hydrogen-bond acceptors (Lipinski definition) is 5. The molecule has 0 spiro atoms. The van der Waals surface area contributed by atoms with Gasteiger partial charge < -0.3 is 21.4 Å². The van der Waals surface area contributed by atoms with Crippen molar-refractivity contribution in [3.63, 3.8) is 0 Å². The highest BCUT2D eigenvalue weighted by Crippen LogP contribution is 2.31. The number of fused-ring (bicyclic) bond motifs is 1. The molecule has 3 heterocycles. The van der Waals surface area contributed by atoms with Crippen molar-refractivity contribution < 1.29 is 0 Å². The number of rotatable bonds is 6. The Labute approximate surface area is 165 Å². The van der Waals surface area contributed by atoms with Crippen molar-refractivity contribution in [2.75, 3.05) is 18.4 Å². The minimum absolute atomic E-state index is 0.335. The van der Waals surface area contributed by atoms with Gasteiger partial charge in [-0.15, -0.1) is 0 Å². The highest BCUT2D eigenvalue weighted by atomic mass is 15.2. The van der Waals surface area contributed by atoms with E-state index in [2.05, 4.69) is 50.5 Å². The van der Waals surface area contributed by atoms with Gasteiger partial charge in [0.25, 0.3) is 0 Å². The number of aromatic nitrogens is 2. The Morgan fingerprint density at radius 3 is 2.96 bits per heavy atom. The van der Waals surface area contributed by atoms with Crippen molar-refractivity contribution in [2.45, 2.75) is 25.4 Å². The summed E-state index contributed by atoms with van der Waals surface area (Å²) in [6.45, 7) is 3.06. The number of nitrogens with zero attached hydrogens (tertiary/aromatic N) is 2. The van der Waals surface area contributed by atoms with E-state index in [0.717, 1.165) is 54.8 Å². The van der Waals surface area contributed by atoms with Crippen LogP contribution in [0.5, 0.6) is 0 Å². The fourth-order valence-electron chi connectivity index (χ4n) is 3.96. The Morgan fingerprint density at radius 1 is 1.32 bits per heavy atom. The number of nitrogens with one attached hydrogen (secondary N) is 3. The van der Waals surface area contributed by atoms with Gasteiger partial charge in [-0.3, -0.25) is 4.90 Å². The van der Waals surface area contributed by atoms with Gasteiger partial charge in [0.2, 0.25) is 0 Å². The Balaban J connectivity index is 1.57. The van der Waals surface area contributed by atoms with Crippen LogP contribution in [0.15, 0.2) is 55.0 Å². The van der Waals surface area contributed by atoms with Gasteiger partial charge in [0.1, 0.15) is 5.65 Å². The number of allylic oxidation sites excluding steroid dienone is 1. The lowest BCUT2D eigenvalue weighted by Gasteiger charge is -2.34. The Hall–Kier alpha value is -3.12. The maximum absolute atomic E-state index is 7.70. The molecule has 0 bridgehead atoms. The standard InChI is InChI=1S/C22H26N6/c23-11-17(12-24)20-13-26-22-19(8-9-25-22)21(20)27-18-7-4-10-28(15-18)14-16-5-2-1-3-6-16/h1-3,5-6,8-9,11-13,18,23H,4,7,10,14-15,24H2,(H2,25,26,27)/t18-/m0/s1. The highest BCUT2D eigenvalue weighted by Gasteiger charge is 2.22. The molecular weight excluding hydrogens is 348 g/mol. The quantitative estimate of drug-likeness (QED) is 0.496. The lowest BCUT2D eigenvalue weighted by molar-refractivity contribution is 0.208. The van der Waals surface area contributed by atoms with Crippen LogP contribution in [-0.4, -0.2) is 40.2 Å². The molecule has 5 N–H and O–H groups in total. The van der Waals surface area contributed by atoms with Crippen LogP contribution in [0.3, 0.4) is 0 Å². The molecule has 2 aromatic heterocycles. The van der Waals surface area contributed by atoms with Crippen molar-refractivity contribution in [3.05, 3.63) is 66.1 Å². The molecule has 1 aromatic carbocycles. The zero-order valence-corrected chi connectivity index (χ0v) is 15.9. The molecule has 4 rings (SSSR count). The first-order chi connectivity index (χ1) is 13.8. The minimum atomic E-state index is 0.335. The summed E-state index contributed by atoms with van der Waals surface area (Å²) in [5, 5.41) is 12.5. The minimum Gasteiger partial charge on any atom is -0.404 e. The van der Waals surface area contributed by atoms with E-state index in [1.165, 1.54) is 18.0 Å². The third-order valence-corrected chi connectivity index (χ3v) is 5.34. The molecule has 0 unspecified atom stereocenters. The number of H-pyrrole nitrogens is 1. The number of pyridine rings is 1. The molecule has 1 saturated heterocycles. The number of likely N-dealkylation sites (tertiary alicyclic amines) is 1. The van der Waals surface area contributed by atoms with Gasteiger partial charge in [0, 0.05) is 60.5 Å². The van der Waals surface area contributed by atoms with E-state index >= 15 is 0 Å². The predicted octanol–water partition coefficient (Wildman–Crippen LogP) is 3.59. The lowest BCUT2D eigenvalue weighted by Crippen LogP contribution is -2.41. The molecular formula is C22H26N6. The van der Waals surface area contributed by atoms with Crippen LogP contribution in [0.1, 0.15) is 24.0 Å². The number of benzene rings is 1. The summed E-state index contributed by atoms with van der Waals surface area (Å²) in [5.41, 5.74) is 10.5. The van der Waals surface area contributed by atoms with Crippen molar-refractivity contribution in [1.82, 2.24) is 14.9 Å². The van der Waals surface area contributed by atoms with Gasteiger partial charge in [-0.1, -0.05) is 30.3 Å². The van der Waals surface area contributed by atoms with E-state index in [1.807, 2.05) is 12.3 Å². The van der Waals surface area contributed by atoms with Crippen molar-refractivity contribution in [1.29, 1.82) is 5.41 Å². The van der Waals surface area contributed by atoms with Gasteiger partial charge in [0.15, 0.2) is 0 Å². The van der Waals surface area contributed by atoms with E-state index in [4.69, 9.17) is 11.1 Å². The predicted molar refractivity (Wildman–Crippen MR) is 115 cm³/mol. The van der Waals surface area contributed by atoms with Crippen molar-refractivity contribution >= 4 is 28.5 Å². The van der Waals surface area contributed by atoms with Gasteiger partial charge in [-0.05, 0) is 31.0 Å². The molecule has 0 radical (unpaired) electrons. The first-order valence-corrected chi connectivity index (χ1v) is 9.70. The monoisotopic (exact) mass is 374 g/mol. The van der Waals surface area contributed by atoms with Crippen LogP contribution in [0.2, 0.25) is 0 Å². The molecule has 1 aliphatic rings. The molecule has 6 nitrogen and oxygen atoms in total. The fraction of sp³-hybridized carbons (Fsp3) is 0.273. The lowest BCUT2D eigenvalue weighted by atomic mass is 10.0. The smallest absolute Gasteiger partial charge is 0.139 e. The third kappa shape index (κ3) is 3.77. The first kappa shape index (κ1) is 18.3. The van der Waals surface area contributed by atoms with Crippen LogP contribution in [0.25, 0.3) is 16.6 Å². The maximum atomic E-state index is 7.70. The van der Waals surface area contributed by atoms with Crippen LogP contribution in [0.4, 0.5) is 5.69 Å². The van der Waals surface area contributed by atoms with E-state index in [9.17, 15) is 0 Å². The molecule has 144 valence electrons. The maximum Gasteiger partial charge on any atom is 0.139 e. The molecule has 6 heteroatoms. The molecule has 1 atom stereocenters. The van der Waals surface area contributed by atoms with E-state index in [1.54, 1.807) is 6.20 Å². The summed E-state index contributed by atoms with van der Waals surface area (Å²) in [6, 6.07) is 13.0. The number of anilines is 1. The zero-order valence-electron chi connectivity index (χ0n) is 15.9. The summed E-state index contributed by atoms with van der Waals surface area (Å²) in [6.07, 6.45) is 8.71. The molecule has 1 fully saturated rings. The fourth-order valence-corrected chi connectivity index (χ4v) is 3.96. The second-order valence-electron chi connectivity index (χ2n) is 7.26. The average Bonchev–Trinajstić information content (AvgIpc) is 3.21. The van der Waals surface area contributed by atoms with E-state index in [-0.39, 0.29) is 0 Å². The Morgan fingerprint density at radius 2 is 2.18 bits per heavy atom. The summed E-state index contributed by atoms with van der Waals surface area (Å²) in [4.78, 5) is 10.2. The summed E-state index contributed by atoms with van der Waals surface area (Å²) in [5.74, 6) is 0.